The Kier molecular flexibility index (Phi) is 4.86. The van der Waals surface area contributed by atoms with E-state index < -0.39 is 0 Å². The van der Waals surface area contributed by atoms with Crippen LogP contribution in [0.5, 0.6) is 0 Å². The molecule has 15 heavy (non-hydrogen) atoms. The molecular weight excluding hydrogens is 189 g/mol. The normalized spacial score (nSPS) is 12.1. The molecule has 0 spiro atoms. The Bertz CT molecular complexity index is 341. The van der Waals surface area contributed by atoms with Crippen LogP contribution in [0, 0.1) is 18.2 Å². The van der Waals surface area contributed by atoms with Crippen molar-refractivity contribution in [1.29, 1.82) is 0 Å². The zero-order valence-electron chi connectivity index (χ0n) is 8.96. The monoisotopic (exact) mass is 205 g/mol. The molecule has 0 amide bonds. The molecule has 1 aromatic carbocycles. The Labute approximate surface area is 90.7 Å². The van der Waals surface area contributed by atoms with E-state index in [0.717, 1.165) is 18.5 Å². The van der Waals surface area contributed by atoms with Crippen LogP contribution in [0.3, 0.4) is 0 Å². The summed E-state index contributed by atoms with van der Waals surface area (Å²) in [6, 6.07) is 6.64. The van der Waals surface area contributed by atoms with Crippen molar-refractivity contribution >= 4 is 0 Å². The summed E-state index contributed by atoms with van der Waals surface area (Å²) in [6.45, 7) is 2.98. The minimum absolute atomic E-state index is 0.0608. The van der Waals surface area contributed by atoms with Crippen LogP contribution >= 0.6 is 0 Å². The maximum Gasteiger partial charge on any atom is 0.123 e. The van der Waals surface area contributed by atoms with E-state index in [2.05, 4.69) is 18.2 Å². The Balaban J connectivity index is 2.75. The molecule has 0 bridgehead atoms. The molecule has 0 aliphatic rings. The number of halogens is 1. The fraction of sp³-hybridized carbons (Fsp3) is 0.385. The van der Waals surface area contributed by atoms with E-state index in [0.29, 0.717) is 6.42 Å². The average molecular weight is 205 g/mol. The number of hydrogen-bond acceptors (Lipinski definition) is 1. The van der Waals surface area contributed by atoms with Gasteiger partial charge in [0.25, 0.3) is 0 Å². The summed E-state index contributed by atoms with van der Waals surface area (Å²) in [5.74, 6) is 2.39. The fourth-order valence-electron chi connectivity index (χ4n) is 1.47. The molecule has 1 atom stereocenters. The minimum atomic E-state index is -0.215. The Morgan fingerprint density at radius 1 is 1.53 bits per heavy atom. The van der Waals surface area contributed by atoms with Gasteiger partial charge in [0.1, 0.15) is 5.82 Å². The molecule has 1 nitrogen and oxygen atoms in total. The summed E-state index contributed by atoms with van der Waals surface area (Å²) in [7, 11) is 0. The lowest BCUT2D eigenvalue weighted by molar-refractivity contribution is 0.537. The van der Waals surface area contributed by atoms with Crippen LogP contribution in [0.15, 0.2) is 24.3 Å². The predicted molar refractivity (Wildman–Crippen MR) is 60.9 cm³/mol. The first kappa shape index (κ1) is 11.7. The molecule has 1 rings (SSSR count). The van der Waals surface area contributed by atoms with E-state index in [-0.39, 0.29) is 11.9 Å². The zero-order chi connectivity index (χ0) is 11.1. The van der Waals surface area contributed by atoms with Gasteiger partial charge in [-0.05, 0) is 30.7 Å². The number of terminal acetylenes is 1. The van der Waals surface area contributed by atoms with Gasteiger partial charge in [0.05, 0.1) is 0 Å². The van der Waals surface area contributed by atoms with E-state index in [9.17, 15) is 4.39 Å². The average Bonchev–Trinajstić information content (AvgIpc) is 2.24. The van der Waals surface area contributed by atoms with Crippen molar-refractivity contribution in [3.05, 3.63) is 35.6 Å². The second-order valence-electron chi connectivity index (χ2n) is 3.47. The number of hydrogen-bond donors (Lipinski definition) is 1. The van der Waals surface area contributed by atoms with Crippen molar-refractivity contribution in [2.24, 2.45) is 0 Å². The second kappa shape index (κ2) is 6.21. The highest BCUT2D eigenvalue weighted by atomic mass is 19.1. The van der Waals surface area contributed by atoms with Crippen LogP contribution in [0.25, 0.3) is 0 Å². The Hall–Kier alpha value is -1.33. The topological polar surface area (TPSA) is 12.0 Å². The largest absolute Gasteiger partial charge is 0.309 e. The maximum atomic E-state index is 13.0. The highest BCUT2D eigenvalue weighted by Gasteiger charge is 2.09. The van der Waals surface area contributed by atoms with Crippen molar-refractivity contribution < 1.29 is 4.39 Å². The van der Waals surface area contributed by atoms with E-state index in [1.807, 2.05) is 6.07 Å². The molecule has 0 saturated carbocycles. The number of rotatable bonds is 5. The lowest BCUT2D eigenvalue weighted by Gasteiger charge is -2.16. The zero-order valence-corrected chi connectivity index (χ0v) is 8.96. The molecule has 0 aliphatic carbocycles. The lowest BCUT2D eigenvalue weighted by atomic mass is 10.0. The summed E-state index contributed by atoms with van der Waals surface area (Å²) >= 11 is 0. The third kappa shape index (κ3) is 3.73. The third-order valence-electron chi connectivity index (χ3n) is 2.21. The van der Waals surface area contributed by atoms with Gasteiger partial charge in [0, 0.05) is 12.5 Å². The molecule has 0 heterocycles. The van der Waals surface area contributed by atoms with Gasteiger partial charge in [-0.2, -0.15) is 0 Å². The molecule has 80 valence electrons. The summed E-state index contributed by atoms with van der Waals surface area (Å²) in [5, 5.41) is 3.30. The van der Waals surface area contributed by atoms with Gasteiger partial charge in [-0.1, -0.05) is 19.1 Å². The highest BCUT2D eigenvalue weighted by Crippen LogP contribution is 2.17. The summed E-state index contributed by atoms with van der Waals surface area (Å²) in [5.41, 5.74) is 0.918. The molecular formula is C13H16FN. The van der Waals surface area contributed by atoms with E-state index in [1.54, 1.807) is 6.07 Å². The van der Waals surface area contributed by atoms with Crippen molar-refractivity contribution in [2.75, 3.05) is 6.54 Å². The smallest absolute Gasteiger partial charge is 0.123 e. The molecule has 1 unspecified atom stereocenters. The molecule has 0 aliphatic heterocycles. The number of nitrogens with one attached hydrogen (secondary N) is 1. The van der Waals surface area contributed by atoms with Gasteiger partial charge in [0.2, 0.25) is 0 Å². The minimum Gasteiger partial charge on any atom is -0.309 e. The molecule has 0 aromatic heterocycles. The van der Waals surface area contributed by atoms with E-state index in [4.69, 9.17) is 6.42 Å². The van der Waals surface area contributed by atoms with Crippen LogP contribution in [0.1, 0.15) is 31.4 Å². The van der Waals surface area contributed by atoms with Crippen LogP contribution in [-0.4, -0.2) is 6.54 Å². The fourth-order valence-corrected chi connectivity index (χ4v) is 1.47. The molecule has 1 N–H and O–H groups in total. The second-order valence-corrected chi connectivity index (χ2v) is 3.47. The third-order valence-corrected chi connectivity index (χ3v) is 2.21. The summed E-state index contributed by atoms with van der Waals surface area (Å²) < 4.78 is 13.0. The summed E-state index contributed by atoms with van der Waals surface area (Å²) in [6.07, 6.45) is 6.92. The van der Waals surface area contributed by atoms with Crippen LogP contribution in [0.2, 0.25) is 0 Å². The molecule has 0 fully saturated rings. The van der Waals surface area contributed by atoms with Crippen LogP contribution in [0.4, 0.5) is 4.39 Å². The molecule has 0 saturated heterocycles. The summed E-state index contributed by atoms with van der Waals surface area (Å²) in [4.78, 5) is 0. The number of benzene rings is 1. The molecule has 1 aromatic rings. The standard InChI is InChI=1S/C13H16FN/c1-3-6-13(15-9-4-2)11-7-5-8-12(14)10-11/h1,5,7-8,10,13,15H,4,6,9H2,2H3. The first-order valence-electron chi connectivity index (χ1n) is 5.20. The van der Waals surface area contributed by atoms with Gasteiger partial charge in [0.15, 0.2) is 0 Å². The van der Waals surface area contributed by atoms with Crippen molar-refractivity contribution in [1.82, 2.24) is 5.32 Å². The van der Waals surface area contributed by atoms with Gasteiger partial charge in [-0.15, -0.1) is 12.3 Å². The van der Waals surface area contributed by atoms with Gasteiger partial charge in [-0.3, -0.25) is 0 Å². The molecule has 2 heteroatoms. The van der Waals surface area contributed by atoms with Gasteiger partial charge in [-0.25, -0.2) is 4.39 Å². The van der Waals surface area contributed by atoms with Gasteiger partial charge < -0.3 is 5.32 Å². The Morgan fingerprint density at radius 3 is 2.93 bits per heavy atom. The quantitative estimate of drug-likeness (QED) is 0.729. The lowest BCUT2D eigenvalue weighted by Crippen LogP contribution is -2.21. The predicted octanol–water partition coefficient (Wildman–Crippen LogP) is 2.89. The van der Waals surface area contributed by atoms with Crippen molar-refractivity contribution in [2.45, 2.75) is 25.8 Å². The van der Waals surface area contributed by atoms with E-state index in [1.165, 1.54) is 12.1 Å². The van der Waals surface area contributed by atoms with E-state index >= 15 is 0 Å². The van der Waals surface area contributed by atoms with Crippen molar-refractivity contribution in [3.63, 3.8) is 0 Å². The van der Waals surface area contributed by atoms with Crippen LogP contribution < -0.4 is 5.32 Å². The highest BCUT2D eigenvalue weighted by molar-refractivity contribution is 5.21. The first-order chi connectivity index (χ1) is 7.27. The van der Waals surface area contributed by atoms with Crippen LogP contribution in [-0.2, 0) is 0 Å². The maximum absolute atomic E-state index is 13.0. The molecule has 0 radical (unpaired) electrons. The van der Waals surface area contributed by atoms with Crippen molar-refractivity contribution in [3.8, 4) is 12.3 Å². The Morgan fingerprint density at radius 2 is 2.33 bits per heavy atom. The first-order valence-corrected chi connectivity index (χ1v) is 5.20. The van der Waals surface area contributed by atoms with Gasteiger partial charge >= 0.3 is 0 Å². The SMILES string of the molecule is C#CCC(NCCC)c1cccc(F)c1.